The van der Waals surface area contributed by atoms with Crippen molar-refractivity contribution in [1.29, 1.82) is 0 Å². The molecule has 0 aromatic heterocycles. The van der Waals surface area contributed by atoms with Crippen molar-refractivity contribution in [3.8, 4) is 0 Å². The van der Waals surface area contributed by atoms with Crippen molar-refractivity contribution in [2.45, 2.75) is 38.2 Å². The Labute approximate surface area is 90.7 Å². The summed E-state index contributed by atoms with van der Waals surface area (Å²) in [5.41, 5.74) is 5.34. The number of carbonyl (C=O) groups excluding carboxylic acids is 1. The lowest BCUT2D eigenvalue weighted by Gasteiger charge is -2.08. The Morgan fingerprint density at radius 1 is 1.27 bits per heavy atom. The van der Waals surface area contributed by atoms with Gasteiger partial charge in [-0.15, -0.1) is 0 Å². The van der Waals surface area contributed by atoms with Gasteiger partial charge in [-0.1, -0.05) is 12.8 Å². The third-order valence-electron chi connectivity index (χ3n) is 2.10. The van der Waals surface area contributed by atoms with E-state index in [0.29, 0.717) is 13.0 Å². The Hall–Kier alpha value is -0.650. The molecule has 1 unspecified atom stereocenters. The summed E-state index contributed by atoms with van der Waals surface area (Å²) in [7, 11) is 0. The average molecular weight is 218 g/mol. The summed E-state index contributed by atoms with van der Waals surface area (Å²) in [5.74, 6) is -0.0738. The molecule has 0 heterocycles. The first-order valence-corrected chi connectivity index (χ1v) is 5.46. The monoisotopic (exact) mass is 218 g/mol. The largest absolute Gasteiger partial charge is 0.394 e. The maximum absolute atomic E-state index is 11.2. The molecule has 0 aliphatic heterocycles. The maximum atomic E-state index is 11.2. The van der Waals surface area contributed by atoms with Gasteiger partial charge in [0.15, 0.2) is 0 Å². The number of carbonyl (C=O) groups is 1. The summed E-state index contributed by atoms with van der Waals surface area (Å²) in [6.07, 6.45) is 3.54. The number of aliphatic hydroxyl groups is 2. The summed E-state index contributed by atoms with van der Waals surface area (Å²) in [4.78, 5) is 11.2. The van der Waals surface area contributed by atoms with E-state index in [0.717, 1.165) is 25.7 Å². The minimum absolute atomic E-state index is 0.0738. The van der Waals surface area contributed by atoms with Crippen molar-refractivity contribution in [2.75, 3.05) is 19.7 Å². The third kappa shape index (κ3) is 9.65. The molecule has 5 N–H and O–H groups in total. The molecule has 15 heavy (non-hydrogen) atoms. The summed E-state index contributed by atoms with van der Waals surface area (Å²) < 4.78 is 0. The van der Waals surface area contributed by atoms with E-state index in [2.05, 4.69) is 5.32 Å². The van der Waals surface area contributed by atoms with Crippen molar-refractivity contribution in [2.24, 2.45) is 5.73 Å². The average Bonchev–Trinajstić information content (AvgIpc) is 2.25. The van der Waals surface area contributed by atoms with Crippen LogP contribution in [0.5, 0.6) is 0 Å². The van der Waals surface area contributed by atoms with Crippen LogP contribution in [0.1, 0.15) is 32.1 Å². The standard InChI is InChI=1S/C10H22N2O3/c11-6-4-2-1-3-5-10(15)12-7-9(14)8-13/h9,13-14H,1-8,11H2,(H,12,15). The molecular formula is C10H22N2O3. The van der Waals surface area contributed by atoms with Gasteiger partial charge in [-0.05, 0) is 19.4 Å². The molecule has 0 spiro atoms. The van der Waals surface area contributed by atoms with Crippen LogP contribution in [0, 0.1) is 0 Å². The molecule has 0 fully saturated rings. The van der Waals surface area contributed by atoms with Gasteiger partial charge in [0.2, 0.25) is 5.91 Å². The molecular weight excluding hydrogens is 196 g/mol. The van der Waals surface area contributed by atoms with Gasteiger partial charge >= 0.3 is 0 Å². The van der Waals surface area contributed by atoms with E-state index in [1.54, 1.807) is 0 Å². The first-order chi connectivity index (χ1) is 7.20. The summed E-state index contributed by atoms with van der Waals surface area (Å²) >= 11 is 0. The molecule has 0 saturated heterocycles. The minimum Gasteiger partial charge on any atom is -0.394 e. The number of nitrogens with two attached hydrogens (primary N) is 1. The molecule has 5 heteroatoms. The topological polar surface area (TPSA) is 95.6 Å². The highest BCUT2D eigenvalue weighted by Crippen LogP contribution is 2.01. The predicted octanol–water partition coefficient (Wildman–Crippen LogP) is -0.635. The minimum atomic E-state index is -0.855. The van der Waals surface area contributed by atoms with Crippen molar-refractivity contribution < 1.29 is 15.0 Å². The van der Waals surface area contributed by atoms with Crippen LogP contribution in [0.2, 0.25) is 0 Å². The van der Waals surface area contributed by atoms with Gasteiger partial charge in [0.1, 0.15) is 0 Å². The summed E-state index contributed by atoms with van der Waals surface area (Å²) in [6, 6.07) is 0. The van der Waals surface area contributed by atoms with Crippen LogP contribution in [-0.4, -0.2) is 41.9 Å². The third-order valence-corrected chi connectivity index (χ3v) is 2.10. The molecule has 0 rings (SSSR count). The quantitative estimate of drug-likeness (QED) is 0.387. The van der Waals surface area contributed by atoms with E-state index < -0.39 is 6.10 Å². The zero-order chi connectivity index (χ0) is 11.5. The van der Waals surface area contributed by atoms with E-state index in [1.807, 2.05) is 0 Å². The van der Waals surface area contributed by atoms with Crippen molar-refractivity contribution in [3.63, 3.8) is 0 Å². The van der Waals surface area contributed by atoms with Crippen LogP contribution in [0.4, 0.5) is 0 Å². The van der Waals surface area contributed by atoms with Crippen LogP contribution in [0.25, 0.3) is 0 Å². The van der Waals surface area contributed by atoms with Gasteiger partial charge in [0.05, 0.1) is 12.7 Å². The second kappa shape index (κ2) is 9.89. The first-order valence-electron chi connectivity index (χ1n) is 5.46. The lowest BCUT2D eigenvalue weighted by molar-refractivity contribution is -0.121. The highest BCUT2D eigenvalue weighted by atomic mass is 16.3. The van der Waals surface area contributed by atoms with Crippen molar-refractivity contribution in [1.82, 2.24) is 5.32 Å². The number of amides is 1. The van der Waals surface area contributed by atoms with Gasteiger partial charge in [-0.2, -0.15) is 0 Å². The van der Waals surface area contributed by atoms with E-state index in [-0.39, 0.29) is 19.1 Å². The fourth-order valence-electron chi connectivity index (χ4n) is 1.17. The van der Waals surface area contributed by atoms with Crippen LogP contribution in [-0.2, 0) is 4.79 Å². The number of aliphatic hydroxyl groups excluding tert-OH is 2. The molecule has 0 saturated carbocycles. The Balaban J connectivity index is 3.26. The van der Waals surface area contributed by atoms with Gasteiger partial charge in [-0.25, -0.2) is 0 Å². The molecule has 0 aliphatic carbocycles. The van der Waals surface area contributed by atoms with Crippen LogP contribution < -0.4 is 11.1 Å². The SMILES string of the molecule is NCCCCCCC(=O)NCC(O)CO. The van der Waals surface area contributed by atoms with E-state index >= 15 is 0 Å². The zero-order valence-corrected chi connectivity index (χ0v) is 9.11. The number of hydrogen-bond donors (Lipinski definition) is 4. The van der Waals surface area contributed by atoms with E-state index in [4.69, 9.17) is 15.9 Å². The van der Waals surface area contributed by atoms with Crippen LogP contribution in [0.15, 0.2) is 0 Å². The summed E-state index contributed by atoms with van der Waals surface area (Å²) in [6.45, 7) is 0.504. The molecule has 0 aromatic carbocycles. The van der Waals surface area contributed by atoms with E-state index in [1.165, 1.54) is 0 Å². The first kappa shape index (κ1) is 14.3. The summed E-state index contributed by atoms with van der Waals surface area (Å²) in [5, 5.41) is 20.0. The molecule has 5 nitrogen and oxygen atoms in total. The van der Waals surface area contributed by atoms with Gasteiger partial charge in [-0.3, -0.25) is 4.79 Å². The Morgan fingerprint density at radius 3 is 2.53 bits per heavy atom. The van der Waals surface area contributed by atoms with Gasteiger partial charge < -0.3 is 21.3 Å². The molecule has 0 aliphatic rings. The van der Waals surface area contributed by atoms with E-state index in [9.17, 15) is 4.79 Å². The molecule has 0 radical (unpaired) electrons. The fraction of sp³-hybridized carbons (Fsp3) is 0.900. The lowest BCUT2D eigenvalue weighted by Crippen LogP contribution is -2.33. The van der Waals surface area contributed by atoms with Gasteiger partial charge in [0.25, 0.3) is 0 Å². The van der Waals surface area contributed by atoms with Gasteiger partial charge in [0, 0.05) is 13.0 Å². The number of nitrogens with one attached hydrogen (secondary N) is 1. The normalized spacial score (nSPS) is 12.5. The second-order valence-electron chi connectivity index (χ2n) is 3.59. The number of hydrogen-bond acceptors (Lipinski definition) is 4. The number of unbranched alkanes of at least 4 members (excludes halogenated alkanes) is 3. The highest BCUT2D eigenvalue weighted by molar-refractivity contribution is 5.75. The second-order valence-corrected chi connectivity index (χ2v) is 3.59. The lowest BCUT2D eigenvalue weighted by atomic mass is 10.1. The fourth-order valence-corrected chi connectivity index (χ4v) is 1.17. The molecule has 1 atom stereocenters. The zero-order valence-electron chi connectivity index (χ0n) is 9.11. The Bertz CT molecular complexity index is 165. The Kier molecular flexibility index (Phi) is 9.46. The molecule has 1 amide bonds. The molecule has 0 bridgehead atoms. The smallest absolute Gasteiger partial charge is 0.220 e. The maximum Gasteiger partial charge on any atom is 0.220 e. The van der Waals surface area contributed by atoms with Crippen LogP contribution in [0.3, 0.4) is 0 Å². The van der Waals surface area contributed by atoms with Crippen LogP contribution >= 0.6 is 0 Å². The molecule has 0 aromatic rings. The highest BCUT2D eigenvalue weighted by Gasteiger charge is 2.04. The number of rotatable bonds is 9. The van der Waals surface area contributed by atoms with Crippen molar-refractivity contribution >= 4 is 5.91 Å². The Morgan fingerprint density at radius 2 is 1.93 bits per heavy atom. The van der Waals surface area contributed by atoms with Crippen molar-refractivity contribution in [3.05, 3.63) is 0 Å². The molecule has 90 valence electrons. The predicted molar refractivity (Wildman–Crippen MR) is 58.2 cm³/mol.